The first-order chi connectivity index (χ1) is 13.8. The van der Waals surface area contributed by atoms with Gasteiger partial charge < -0.3 is 0 Å². The average Bonchev–Trinajstić information content (AvgIpc) is 3.08. The summed E-state index contributed by atoms with van der Waals surface area (Å²) in [5, 5.41) is 0. The second-order valence-electron chi connectivity index (χ2n) is 5.96. The lowest BCUT2D eigenvalue weighted by Crippen LogP contribution is -1.97. The first-order valence-electron chi connectivity index (χ1n) is 9.61. The van der Waals surface area contributed by atoms with Gasteiger partial charge in [0, 0.05) is 0 Å². The van der Waals surface area contributed by atoms with Crippen molar-refractivity contribution in [3.05, 3.63) is 139 Å². The van der Waals surface area contributed by atoms with E-state index in [0.717, 1.165) is 16.7 Å². The summed E-state index contributed by atoms with van der Waals surface area (Å²) in [4.78, 5) is 0. The van der Waals surface area contributed by atoms with Gasteiger partial charge in [-0.05, 0) is 44.5 Å². The first-order valence-corrected chi connectivity index (χ1v) is 9.61. The van der Waals surface area contributed by atoms with Crippen molar-refractivity contribution in [3.63, 3.8) is 0 Å². The SMILES string of the molecule is C=C/C=C(\C=C)C(=C1c2ccccc2-c2ccccc21)/C(C=C)=C/C=C.CC. The Kier molecular flexibility index (Phi) is 7.54. The highest BCUT2D eigenvalue weighted by molar-refractivity contribution is 6.04. The summed E-state index contributed by atoms with van der Waals surface area (Å²) >= 11 is 0. The summed E-state index contributed by atoms with van der Waals surface area (Å²) in [6.45, 7) is 19.8. The van der Waals surface area contributed by atoms with Crippen LogP contribution in [-0.2, 0) is 0 Å². The second kappa shape index (κ2) is 10.1. The number of fused-ring (bicyclic) bond motifs is 3. The molecule has 0 aromatic heterocycles. The highest BCUT2D eigenvalue weighted by Crippen LogP contribution is 2.48. The van der Waals surface area contributed by atoms with E-state index < -0.39 is 0 Å². The molecule has 0 amide bonds. The topological polar surface area (TPSA) is 0 Å². The summed E-state index contributed by atoms with van der Waals surface area (Å²) < 4.78 is 0. The van der Waals surface area contributed by atoms with Gasteiger partial charge in [0.1, 0.15) is 0 Å². The minimum absolute atomic E-state index is 1.01. The van der Waals surface area contributed by atoms with E-state index in [4.69, 9.17) is 0 Å². The maximum Gasteiger partial charge on any atom is -0.00143 e. The molecule has 1 aliphatic carbocycles. The van der Waals surface area contributed by atoms with Crippen LogP contribution in [0.2, 0.25) is 0 Å². The Bertz CT molecular complexity index is 911. The van der Waals surface area contributed by atoms with E-state index >= 15 is 0 Å². The van der Waals surface area contributed by atoms with Gasteiger partial charge in [0.15, 0.2) is 0 Å². The third kappa shape index (κ3) is 3.82. The van der Waals surface area contributed by atoms with Gasteiger partial charge in [-0.15, -0.1) is 0 Å². The number of benzene rings is 2. The number of rotatable bonds is 6. The van der Waals surface area contributed by atoms with Gasteiger partial charge in [-0.25, -0.2) is 0 Å². The predicted molar refractivity (Wildman–Crippen MR) is 126 cm³/mol. The molecule has 0 unspecified atom stereocenters. The van der Waals surface area contributed by atoms with Gasteiger partial charge in [0.05, 0.1) is 0 Å². The summed E-state index contributed by atoms with van der Waals surface area (Å²) in [6, 6.07) is 17.0. The zero-order valence-corrected chi connectivity index (χ0v) is 16.9. The van der Waals surface area contributed by atoms with Crippen molar-refractivity contribution >= 4 is 5.57 Å². The Hall–Kier alpha value is -3.38. The van der Waals surface area contributed by atoms with Crippen LogP contribution >= 0.6 is 0 Å². The van der Waals surface area contributed by atoms with E-state index in [1.807, 2.05) is 38.2 Å². The van der Waals surface area contributed by atoms with E-state index in [9.17, 15) is 0 Å². The van der Waals surface area contributed by atoms with Gasteiger partial charge in [-0.2, -0.15) is 0 Å². The molecule has 0 aliphatic heterocycles. The quantitative estimate of drug-likeness (QED) is 0.388. The molecule has 1 aliphatic rings. The molecule has 0 nitrogen and oxygen atoms in total. The van der Waals surface area contributed by atoms with Gasteiger partial charge >= 0.3 is 0 Å². The van der Waals surface area contributed by atoms with Gasteiger partial charge in [-0.1, -0.05) is 125 Å². The highest BCUT2D eigenvalue weighted by atomic mass is 14.3. The van der Waals surface area contributed by atoms with Crippen molar-refractivity contribution in [2.45, 2.75) is 13.8 Å². The lowest BCUT2D eigenvalue weighted by molar-refractivity contribution is 1.45. The Balaban J connectivity index is 0.00000136. The first kappa shape index (κ1) is 20.9. The molecule has 0 saturated carbocycles. The summed E-state index contributed by atoms with van der Waals surface area (Å²) in [5.41, 5.74) is 9.24. The van der Waals surface area contributed by atoms with Crippen molar-refractivity contribution < 1.29 is 0 Å². The molecule has 28 heavy (non-hydrogen) atoms. The molecule has 2 aromatic rings. The fourth-order valence-electron chi connectivity index (χ4n) is 3.50. The lowest BCUT2D eigenvalue weighted by Gasteiger charge is -2.16. The molecule has 0 radical (unpaired) electrons. The Labute approximate surface area is 170 Å². The summed E-state index contributed by atoms with van der Waals surface area (Å²) in [6.07, 6.45) is 11.3. The Morgan fingerprint density at radius 1 is 0.607 bits per heavy atom. The van der Waals surface area contributed by atoms with Gasteiger partial charge in [-0.3, -0.25) is 0 Å². The van der Waals surface area contributed by atoms with Crippen molar-refractivity contribution in [2.75, 3.05) is 0 Å². The van der Waals surface area contributed by atoms with E-state index in [0.29, 0.717) is 0 Å². The van der Waals surface area contributed by atoms with Crippen LogP contribution in [0.25, 0.3) is 16.7 Å². The standard InChI is InChI=1S/C26H22.C2H6/c1-5-13-19(7-3)25(20(8-4)14-6-2)26-23-17-11-9-15-21(23)22-16-10-12-18-24(22)26;1-2/h5-18H,1-4H2;1-2H3/b19-13+,20-14+;. The molecule has 0 heterocycles. The van der Waals surface area contributed by atoms with Crippen LogP contribution in [0.1, 0.15) is 25.0 Å². The molecule has 0 fully saturated rings. The maximum absolute atomic E-state index is 4.02. The Morgan fingerprint density at radius 3 is 1.29 bits per heavy atom. The van der Waals surface area contributed by atoms with E-state index in [2.05, 4.69) is 74.8 Å². The highest BCUT2D eigenvalue weighted by Gasteiger charge is 2.26. The summed E-state index contributed by atoms with van der Waals surface area (Å²) in [7, 11) is 0. The molecule has 0 spiro atoms. The maximum atomic E-state index is 4.02. The van der Waals surface area contributed by atoms with Crippen molar-refractivity contribution in [1.29, 1.82) is 0 Å². The van der Waals surface area contributed by atoms with E-state index in [1.54, 1.807) is 12.2 Å². The molecule has 0 N–H and O–H groups in total. The molecule has 2 aromatic carbocycles. The van der Waals surface area contributed by atoms with Crippen LogP contribution in [-0.4, -0.2) is 0 Å². The van der Waals surface area contributed by atoms with Crippen LogP contribution in [0.3, 0.4) is 0 Å². The molecule has 0 atom stereocenters. The number of allylic oxidation sites excluding steroid dienone is 9. The number of hydrogen-bond donors (Lipinski definition) is 0. The number of hydrogen-bond acceptors (Lipinski definition) is 0. The molecular weight excluding hydrogens is 336 g/mol. The zero-order chi connectivity index (χ0) is 20.5. The predicted octanol–water partition coefficient (Wildman–Crippen LogP) is 8.09. The van der Waals surface area contributed by atoms with Crippen molar-refractivity contribution in [1.82, 2.24) is 0 Å². The van der Waals surface area contributed by atoms with Crippen LogP contribution in [0, 0.1) is 0 Å². The monoisotopic (exact) mass is 364 g/mol. The smallest absolute Gasteiger partial charge is 0.00143 e. The van der Waals surface area contributed by atoms with Crippen LogP contribution in [0.4, 0.5) is 0 Å². The fourth-order valence-corrected chi connectivity index (χ4v) is 3.50. The molecule has 140 valence electrons. The normalized spacial score (nSPS) is 12.1. The average molecular weight is 365 g/mol. The van der Waals surface area contributed by atoms with Crippen molar-refractivity contribution in [3.8, 4) is 11.1 Å². The minimum atomic E-state index is 1.01. The van der Waals surface area contributed by atoms with Gasteiger partial charge in [0.25, 0.3) is 0 Å². The summed E-state index contributed by atoms with van der Waals surface area (Å²) in [5.74, 6) is 0. The zero-order valence-electron chi connectivity index (χ0n) is 16.9. The largest absolute Gasteiger partial charge is 0.0990 e. The van der Waals surface area contributed by atoms with Crippen LogP contribution < -0.4 is 0 Å². The van der Waals surface area contributed by atoms with E-state index in [1.165, 1.54) is 27.8 Å². The molecule has 3 rings (SSSR count). The Morgan fingerprint density at radius 2 is 0.964 bits per heavy atom. The van der Waals surface area contributed by atoms with Crippen LogP contribution in [0.15, 0.2) is 128 Å². The molecule has 0 bridgehead atoms. The van der Waals surface area contributed by atoms with E-state index in [-0.39, 0.29) is 0 Å². The fraction of sp³-hybridized carbons (Fsp3) is 0.0714. The minimum Gasteiger partial charge on any atom is -0.0990 e. The second-order valence-corrected chi connectivity index (χ2v) is 5.96. The molecular formula is C28H28. The molecule has 0 heteroatoms. The molecule has 0 saturated heterocycles. The lowest BCUT2D eigenvalue weighted by atomic mass is 9.87. The van der Waals surface area contributed by atoms with Gasteiger partial charge in [0.2, 0.25) is 0 Å². The third-order valence-electron chi connectivity index (χ3n) is 4.54. The van der Waals surface area contributed by atoms with Crippen LogP contribution in [0.5, 0.6) is 0 Å². The third-order valence-corrected chi connectivity index (χ3v) is 4.54. The van der Waals surface area contributed by atoms with Crippen molar-refractivity contribution in [2.24, 2.45) is 0 Å².